The lowest BCUT2D eigenvalue weighted by Gasteiger charge is -2.35. The van der Waals surface area contributed by atoms with Crippen molar-refractivity contribution in [3.63, 3.8) is 0 Å². The summed E-state index contributed by atoms with van der Waals surface area (Å²) in [7, 11) is 0. The quantitative estimate of drug-likeness (QED) is 0.149. The Labute approximate surface area is 368 Å². The van der Waals surface area contributed by atoms with Crippen molar-refractivity contribution in [1.82, 2.24) is 4.57 Å². The lowest BCUT2D eigenvalue weighted by atomic mass is 9.67. The van der Waals surface area contributed by atoms with Crippen molar-refractivity contribution in [2.24, 2.45) is 0 Å². The molecule has 0 spiro atoms. The number of benzene rings is 10. The fourth-order valence-electron chi connectivity index (χ4n) is 10.3. The topological polar surface area (TPSA) is 8.17 Å². The molecule has 1 heterocycles. The van der Waals surface area contributed by atoms with Crippen LogP contribution in [0.2, 0.25) is 0 Å². The molecule has 0 saturated carbocycles. The van der Waals surface area contributed by atoms with Gasteiger partial charge in [-0.25, -0.2) is 0 Å². The lowest BCUT2D eigenvalue weighted by molar-refractivity contribution is 0.768. The van der Waals surface area contributed by atoms with Gasteiger partial charge in [0.05, 0.1) is 22.1 Å². The molecule has 296 valence electrons. The predicted octanol–water partition coefficient (Wildman–Crippen LogP) is 16.0. The van der Waals surface area contributed by atoms with Crippen molar-refractivity contribution in [3.05, 3.63) is 277 Å². The Balaban J connectivity index is 1.12. The van der Waals surface area contributed by atoms with Gasteiger partial charge in [0.25, 0.3) is 0 Å². The minimum Gasteiger partial charge on any atom is -0.310 e. The Morgan fingerprint density at radius 3 is 1.54 bits per heavy atom. The van der Waals surface area contributed by atoms with E-state index in [0.717, 1.165) is 33.8 Å². The zero-order chi connectivity index (χ0) is 41.7. The minimum atomic E-state index is -0.530. The highest BCUT2D eigenvalue weighted by Crippen LogP contribution is 2.57. The number of para-hydroxylation sites is 2. The molecule has 1 aliphatic rings. The third-order valence-electron chi connectivity index (χ3n) is 13.1. The molecule has 0 atom stereocenters. The summed E-state index contributed by atoms with van der Waals surface area (Å²) in [5.74, 6) is 0. The maximum absolute atomic E-state index is 2.48. The van der Waals surface area contributed by atoms with E-state index in [1.165, 1.54) is 66.4 Å². The summed E-state index contributed by atoms with van der Waals surface area (Å²) >= 11 is 0. The molecule has 0 fully saturated rings. The average molecular weight is 803 g/mol. The summed E-state index contributed by atoms with van der Waals surface area (Å²) < 4.78 is 2.43. The monoisotopic (exact) mass is 802 g/mol. The molecule has 0 aliphatic heterocycles. The highest BCUT2D eigenvalue weighted by atomic mass is 15.1. The fraction of sp³-hybridized carbons (Fsp3) is 0.0164. The van der Waals surface area contributed by atoms with E-state index in [1.54, 1.807) is 0 Å². The number of nitrogens with zero attached hydrogens (tertiary/aromatic N) is 2. The van der Waals surface area contributed by atoms with Crippen LogP contribution in [-0.2, 0) is 5.41 Å². The smallest absolute Gasteiger partial charge is 0.0714 e. The standard InChI is InChI=1S/C61H42N2/c1-5-19-43(20-6-1)44-33-35-48(36-34-44)63-59-32-18-15-29-54(59)55-40-38-50(42-60(55)63)62(58-31-17-14-27-51(58)45-21-7-2-8-22-45)49-37-39-53-52-28-13-16-30-56(52)61(57(53)41-49,46-23-9-3-10-24-46)47-25-11-4-12-26-47/h1-42H. The van der Waals surface area contributed by atoms with Gasteiger partial charge in [0.1, 0.15) is 0 Å². The predicted molar refractivity (Wildman–Crippen MR) is 264 cm³/mol. The molecule has 0 bridgehead atoms. The zero-order valence-corrected chi connectivity index (χ0v) is 34.6. The Hall–Kier alpha value is -8.20. The van der Waals surface area contributed by atoms with E-state index in [1.807, 2.05) is 0 Å². The molecule has 0 radical (unpaired) electrons. The molecule has 12 rings (SSSR count). The minimum absolute atomic E-state index is 0.530. The molecule has 2 nitrogen and oxygen atoms in total. The second kappa shape index (κ2) is 15.1. The van der Waals surface area contributed by atoms with E-state index in [9.17, 15) is 0 Å². The molecule has 0 unspecified atom stereocenters. The van der Waals surface area contributed by atoms with Gasteiger partial charge in [0.2, 0.25) is 0 Å². The molecule has 0 saturated heterocycles. The van der Waals surface area contributed by atoms with Gasteiger partial charge in [-0.2, -0.15) is 0 Å². The van der Waals surface area contributed by atoms with Gasteiger partial charge in [-0.05, 0) is 98.6 Å². The Morgan fingerprint density at radius 2 is 0.825 bits per heavy atom. The first-order valence-corrected chi connectivity index (χ1v) is 21.8. The van der Waals surface area contributed by atoms with Crippen LogP contribution in [-0.4, -0.2) is 4.57 Å². The molecule has 63 heavy (non-hydrogen) atoms. The number of hydrogen-bond donors (Lipinski definition) is 0. The maximum Gasteiger partial charge on any atom is 0.0714 e. The first kappa shape index (κ1) is 36.6. The van der Waals surface area contributed by atoms with Crippen LogP contribution in [0.5, 0.6) is 0 Å². The molecule has 0 N–H and O–H groups in total. The van der Waals surface area contributed by atoms with Crippen LogP contribution in [0.4, 0.5) is 17.1 Å². The van der Waals surface area contributed by atoms with Crippen LogP contribution in [0.3, 0.4) is 0 Å². The molecular formula is C61H42N2. The molecule has 1 aliphatic carbocycles. The number of hydrogen-bond acceptors (Lipinski definition) is 1. The average Bonchev–Trinajstić information content (AvgIpc) is 3.85. The highest BCUT2D eigenvalue weighted by Gasteiger charge is 2.46. The van der Waals surface area contributed by atoms with Crippen LogP contribution in [0, 0.1) is 0 Å². The summed E-state index contributed by atoms with van der Waals surface area (Å²) in [5.41, 5.74) is 18.6. The summed E-state index contributed by atoms with van der Waals surface area (Å²) in [4.78, 5) is 2.48. The summed E-state index contributed by atoms with van der Waals surface area (Å²) in [6, 6.07) is 93.3. The highest BCUT2D eigenvalue weighted by molar-refractivity contribution is 6.10. The van der Waals surface area contributed by atoms with Crippen LogP contribution in [0.25, 0.3) is 60.9 Å². The third-order valence-corrected chi connectivity index (χ3v) is 13.1. The number of aromatic nitrogens is 1. The van der Waals surface area contributed by atoms with Crippen LogP contribution >= 0.6 is 0 Å². The van der Waals surface area contributed by atoms with Gasteiger partial charge in [-0.3, -0.25) is 0 Å². The molecule has 2 heteroatoms. The molecule has 10 aromatic carbocycles. The van der Waals surface area contributed by atoms with Crippen LogP contribution in [0.15, 0.2) is 255 Å². The van der Waals surface area contributed by atoms with Crippen molar-refractivity contribution in [1.29, 1.82) is 0 Å². The van der Waals surface area contributed by atoms with Crippen molar-refractivity contribution < 1.29 is 0 Å². The number of fused-ring (bicyclic) bond motifs is 6. The van der Waals surface area contributed by atoms with E-state index < -0.39 is 5.41 Å². The largest absolute Gasteiger partial charge is 0.310 e. The normalized spacial score (nSPS) is 12.6. The van der Waals surface area contributed by atoms with Crippen molar-refractivity contribution in [3.8, 4) is 39.1 Å². The van der Waals surface area contributed by atoms with Gasteiger partial charge in [-0.1, -0.05) is 206 Å². The summed E-state index contributed by atoms with van der Waals surface area (Å²) in [5, 5.41) is 2.45. The van der Waals surface area contributed by atoms with Gasteiger partial charge in [0.15, 0.2) is 0 Å². The van der Waals surface area contributed by atoms with Gasteiger partial charge < -0.3 is 9.47 Å². The van der Waals surface area contributed by atoms with E-state index in [0.29, 0.717) is 0 Å². The van der Waals surface area contributed by atoms with Crippen molar-refractivity contribution in [2.75, 3.05) is 4.90 Å². The molecule has 11 aromatic rings. The molecular weight excluding hydrogens is 761 g/mol. The van der Waals surface area contributed by atoms with Gasteiger partial charge in [-0.15, -0.1) is 0 Å². The van der Waals surface area contributed by atoms with Gasteiger partial charge in [0, 0.05) is 33.4 Å². The van der Waals surface area contributed by atoms with E-state index in [2.05, 4.69) is 264 Å². The Bertz CT molecular complexity index is 3380. The first-order valence-electron chi connectivity index (χ1n) is 21.8. The second-order valence-corrected chi connectivity index (χ2v) is 16.4. The number of anilines is 3. The van der Waals surface area contributed by atoms with Crippen LogP contribution in [0.1, 0.15) is 22.3 Å². The van der Waals surface area contributed by atoms with E-state index in [4.69, 9.17) is 0 Å². The second-order valence-electron chi connectivity index (χ2n) is 16.4. The Kier molecular flexibility index (Phi) is 8.76. The summed E-state index contributed by atoms with van der Waals surface area (Å²) in [6.07, 6.45) is 0. The van der Waals surface area contributed by atoms with Crippen molar-refractivity contribution >= 4 is 38.9 Å². The summed E-state index contributed by atoms with van der Waals surface area (Å²) in [6.45, 7) is 0. The lowest BCUT2D eigenvalue weighted by Crippen LogP contribution is -2.28. The zero-order valence-electron chi connectivity index (χ0n) is 34.6. The fourth-order valence-corrected chi connectivity index (χ4v) is 10.3. The number of rotatable bonds is 8. The Morgan fingerprint density at radius 1 is 0.317 bits per heavy atom. The molecule has 0 amide bonds. The van der Waals surface area contributed by atoms with Gasteiger partial charge >= 0.3 is 0 Å². The van der Waals surface area contributed by atoms with E-state index >= 15 is 0 Å². The SMILES string of the molecule is c1ccc(-c2ccc(-n3c4ccccc4c4ccc(N(c5ccc6c(c5)C(c5ccccc5)(c5ccccc5)c5ccccc5-6)c5ccccc5-c5ccccc5)cc43)cc2)cc1. The first-order chi connectivity index (χ1) is 31.3. The van der Waals surface area contributed by atoms with Crippen molar-refractivity contribution in [2.45, 2.75) is 5.41 Å². The van der Waals surface area contributed by atoms with Crippen LogP contribution < -0.4 is 4.90 Å². The maximum atomic E-state index is 2.48. The third kappa shape index (κ3) is 5.87. The van der Waals surface area contributed by atoms with E-state index in [-0.39, 0.29) is 0 Å². The molecule has 1 aromatic heterocycles.